The molecule has 178 valence electrons. The molecule has 1 amide bonds. The van der Waals surface area contributed by atoms with Crippen molar-refractivity contribution in [2.24, 2.45) is 0 Å². The van der Waals surface area contributed by atoms with Crippen LogP contribution < -0.4 is 14.5 Å². The largest absolute Gasteiger partial charge is 0.452 e. The second kappa shape index (κ2) is 9.82. The molecule has 1 aliphatic rings. The maximum absolute atomic E-state index is 12.4. The van der Waals surface area contributed by atoms with Gasteiger partial charge >= 0.3 is 5.97 Å². The lowest BCUT2D eigenvalue weighted by Gasteiger charge is -2.27. The molecule has 0 saturated carbocycles. The zero-order chi connectivity index (χ0) is 24.3. The first-order chi connectivity index (χ1) is 15.5. The summed E-state index contributed by atoms with van der Waals surface area (Å²) in [4.78, 5) is 26.9. The summed E-state index contributed by atoms with van der Waals surface area (Å²) in [5, 5.41) is 2.72. The molecule has 0 fully saturated rings. The van der Waals surface area contributed by atoms with E-state index < -0.39 is 28.5 Å². The molecule has 3 rings (SSSR count). The van der Waals surface area contributed by atoms with E-state index in [-0.39, 0.29) is 11.6 Å². The van der Waals surface area contributed by atoms with Gasteiger partial charge in [0.15, 0.2) is 6.61 Å². The molecule has 0 saturated heterocycles. The molecule has 0 spiro atoms. The molecule has 1 atom stereocenters. The molecule has 1 aliphatic heterocycles. The molecule has 9 heteroatoms. The van der Waals surface area contributed by atoms with Crippen LogP contribution in [0.25, 0.3) is 0 Å². The molecule has 0 aliphatic carbocycles. The van der Waals surface area contributed by atoms with Crippen LogP contribution in [0.4, 0.5) is 17.1 Å². The number of amides is 1. The minimum Gasteiger partial charge on any atom is -0.452 e. The lowest BCUT2D eigenvalue weighted by Crippen LogP contribution is -2.34. The van der Waals surface area contributed by atoms with Crippen LogP contribution in [0.3, 0.4) is 0 Å². The van der Waals surface area contributed by atoms with Crippen molar-refractivity contribution >= 4 is 39.0 Å². The number of carbonyl (C=O) groups excluding carboxylic acids is 2. The van der Waals surface area contributed by atoms with Crippen molar-refractivity contribution in [1.29, 1.82) is 0 Å². The van der Waals surface area contributed by atoms with Crippen molar-refractivity contribution in [2.75, 3.05) is 33.9 Å². The lowest BCUT2D eigenvalue weighted by atomic mass is 10.1. The first-order valence-corrected chi connectivity index (χ1v) is 12.8. The number of nitrogens with one attached hydrogen (secondary N) is 1. The first kappa shape index (κ1) is 24.6. The molecule has 8 nitrogen and oxygen atoms in total. The van der Waals surface area contributed by atoms with E-state index in [9.17, 15) is 18.0 Å². The molecule has 0 radical (unpaired) electrons. The van der Waals surface area contributed by atoms with Gasteiger partial charge in [0, 0.05) is 30.0 Å². The Kier molecular flexibility index (Phi) is 7.31. The highest BCUT2D eigenvalue weighted by Gasteiger charge is 2.33. The van der Waals surface area contributed by atoms with Gasteiger partial charge in [0.2, 0.25) is 10.0 Å². The van der Waals surface area contributed by atoms with Crippen molar-refractivity contribution in [3.63, 3.8) is 0 Å². The van der Waals surface area contributed by atoms with Crippen molar-refractivity contribution in [1.82, 2.24) is 0 Å². The Morgan fingerprint density at radius 2 is 1.85 bits per heavy atom. The van der Waals surface area contributed by atoms with Crippen LogP contribution in [0, 0.1) is 0 Å². The summed E-state index contributed by atoms with van der Waals surface area (Å²) < 4.78 is 30.6. The average Bonchev–Trinajstić information content (AvgIpc) is 3.08. The summed E-state index contributed by atoms with van der Waals surface area (Å²) in [7, 11) is -3.40. The van der Waals surface area contributed by atoms with Crippen LogP contribution in [-0.2, 0) is 26.0 Å². The molecule has 1 unspecified atom stereocenters. The van der Waals surface area contributed by atoms with Crippen molar-refractivity contribution in [2.45, 2.75) is 46.2 Å². The molecule has 0 aromatic heterocycles. The summed E-state index contributed by atoms with van der Waals surface area (Å²) in [6.07, 6.45) is 1.67. The number of esters is 1. The number of hydrogen-bond acceptors (Lipinski definition) is 6. The van der Waals surface area contributed by atoms with Gasteiger partial charge in [0.05, 0.1) is 17.5 Å². The number of ether oxygens (including phenoxy) is 1. The number of rotatable bonds is 8. The first-order valence-electron chi connectivity index (χ1n) is 11.0. The van der Waals surface area contributed by atoms with Gasteiger partial charge in [-0.25, -0.2) is 13.2 Å². The molecular weight excluding hydrogens is 442 g/mol. The van der Waals surface area contributed by atoms with Gasteiger partial charge in [0.25, 0.3) is 5.91 Å². The van der Waals surface area contributed by atoms with Gasteiger partial charge in [-0.3, -0.25) is 9.10 Å². The number of fused-ring (bicyclic) bond motifs is 1. The topological polar surface area (TPSA) is 96.0 Å². The number of anilines is 3. The zero-order valence-corrected chi connectivity index (χ0v) is 20.5. The molecule has 2 aromatic rings. The molecule has 1 heterocycles. The smallest absolute Gasteiger partial charge is 0.338 e. The Bertz CT molecular complexity index is 1130. The Balaban J connectivity index is 1.58. The highest BCUT2D eigenvalue weighted by Crippen LogP contribution is 2.34. The third kappa shape index (κ3) is 5.65. The predicted molar refractivity (Wildman–Crippen MR) is 130 cm³/mol. The highest BCUT2D eigenvalue weighted by molar-refractivity contribution is 7.92. The minimum atomic E-state index is -3.40. The summed E-state index contributed by atoms with van der Waals surface area (Å²) >= 11 is 0. The maximum Gasteiger partial charge on any atom is 0.338 e. The molecule has 1 N–H and O–H groups in total. The maximum atomic E-state index is 12.4. The summed E-state index contributed by atoms with van der Waals surface area (Å²) in [5.74, 6) is -1.07. The van der Waals surface area contributed by atoms with Crippen molar-refractivity contribution < 1.29 is 22.7 Å². The summed E-state index contributed by atoms with van der Waals surface area (Å²) in [5.41, 5.74) is 3.29. The van der Waals surface area contributed by atoms with Crippen LogP contribution in [0.15, 0.2) is 42.5 Å². The number of benzene rings is 2. The highest BCUT2D eigenvalue weighted by atomic mass is 32.2. The predicted octanol–water partition coefficient (Wildman–Crippen LogP) is 3.43. The zero-order valence-electron chi connectivity index (χ0n) is 19.7. The van der Waals surface area contributed by atoms with E-state index >= 15 is 0 Å². The fourth-order valence-corrected chi connectivity index (χ4v) is 5.49. The van der Waals surface area contributed by atoms with Crippen LogP contribution >= 0.6 is 0 Å². The number of hydrogen-bond donors (Lipinski definition) is 1. The third-order valence-corrected chi connectivity index (χ3v) is 6.88. The number of sulfonamides is 1. The van der Waals surface area contributed by atoms with Gasteiger partial charge in [-0.15, -0.1) is 0 Å². The van der Waals surface area contributed by atoms with Gasteiger partial charge < -0.3 is 15.0 Å². The Labute approximate surface area is 195 Å². The molecule has 33 heavy (non-hydrogen) atoms. The van der Waals surface area contributed by atoms with E-state index in [1.54, 1.807) is 12.1 Å². The van der Waals surface area contributed by atoms with E-state index in [1.807, 2.05) is 31.2 Å². The Hall–Kier alpha value is -3.07. The van der Waals surface area contributed by atoms with Crippen LogP contribution in [0.1, 0.15) is 43.6 Å². The van der Waals surface area contributed by atoms with Crippen LogP contribution in [0.5, 0.6) is 0 Å². The molecule has 0 bridgehead atoms. The van der Waals surface area contributed by atoms with Gasteiger partial charge in [-0.2, -0.15) is 0 Å². The van der Waals surface area contributed by atoms with Gasteiger partial charge in [-0.05, 0) is 82.1 Å². The second-order valence-corrected chi connectivity index (χ2v) is 10.4. The van der Waals surface area contributed by atoms with Gasteiger partial charge in [0.1, 0.15) is 0 Å². The number of nitrogens with zero attached hydrogens (tertiary/aromatic N) is 2. The van der Waals surface area contributed by atoms with E-state index in [4.69, 9.17) is 4.74 Å². The molecule has 2 aromatic carbocycles. The quantitative estimate of drug-likeness (QED) is 0.590. The Morgan fingerprint density at radius 1 is 1.18 bits per heavy atom. The normalized spacial score (nSPS) is 15.3. The van der Waals surface area contributed by atoms with Gasteiger partial charge in [-0.1, -0.05) is 0 Å². The van der Waals surface area contributed by atoms with Crippen molar-refractivity contribution in [3.05, 3.63) is 53.6 Å². The SMILES string of the molecule is CCN(c1ccc(NC(=O)COC(=O)c2ccc3c(c2)CC(C)N3S(C)(=O)=O)cc1)C(C)C. The van der Waals surface area contributed by atoms with E-state index in [2.05, 4.69) is 31.0 Å². The summed E-state index contributed by atoms with van der Waals surface area (Å²) in [6, 6.07) is 12.4. The average molecular weight is 474 g/mol. The van der Waals surface area contributed by atoms with E-state index in [0.717, 1.165) is 24.1 Å². The lowest BCUT2D eigenvalue weighted by molar-refractivity contribution is -0.119. The van der Waals surface area contributed by atoms with E-state index in [0.29, 0.717) is 23.8 Å². The van der Waals surface area contributed by atoms with Crippen LogP contribution in [0.2, 0.25) is 0 Å². The van der Waals surface area contributed by atoms with E-state index in [1.165, 1.54) is 10.4 Å². The standard InChI is InChI=1S/C24H31N3O5S/c1-6-26(16(2)3)21-10-8-20(9-11-21)25-23(28)15-32-24(29)18-7-12-22-19(14-18)13-17(4)27(22)33(5,30)31/h7-12,14,16-17H,6,13,15H2,1-5H3,(H,25,28). The fraction of sp³-hybridized carbons (Fsp3) is 0.417. The minimum absolute atomic E-state index is 0.219. The fourth-order valence-electron chi connectivity index (χ4n) is 4.23. The molecular formula is C24H31N3O5S. The monoisotopic (exact) mass is 473 g/mol. The number of carbonyl (C=O) groups is 2. The third-order valence-electron chi connectivity index (χ3n) is 5.61. The second-order valence-electron chi connectivity index (χ2n) is 8.51. The Morgan fingerprint density at radius 3 is 2.42 bits per heavy atom. The summed E-state index contributed by atoms with van der Waals surface area (Å²) in [6.45, 7) is 8.61. The van der Waals surface area contributed by atoms with Crippen LogP contribution in [-0.4, -0.2) is 51.8 Å². The van der Waals surface area contributed by atoms with Crippen molar-refractivity contribution in [3.8, 4) is 0 Å².